The van der Waals surface area contributed by atoms with Crippen molar-refractivity contribution >= 4 is 56.5 Å². The maximum Gasteiger partial charge on any atom is 0.258 e. The Balaban J connectivity index is 1.38. The Morgan fingerprint density at radius 3 is 2.31 bits per heavy atom. The first-order chi connectivity index (χ1) is 15.3. The second-order valence-electron chi connectivity index (χ2n) is 8.66. The van der Waals surface area contributed by atoms with Crippen molar-refractivity contribution in [3.8, 4) is 0 Å². The lowest BCUT2D eigenvalue weighted by molar-refractivity contribution is -0.127. The van der Waals surface area contributed by atoms with Crippen LogP contribution >= 0.6 is 39.1 Å². The normalized spacial score (nSPS) is 18.3. The van der Waals surface area contributed by atoms with Gasteiger partial charge in [-0.1, -0.05) is 60.7 Å². The second-order valence-corrected chi connectivity index (χ2v) is 10.3. The minimum Gasteiger partial charge on any atom is -0.384 e. The van der Waals surface area contributed by atoms with Crippen molar-refractivity contribution in [3.05, 3.63) is 73.8 Å². The third kappa shape index (κ3) is 4.48. The largest absolute Gasteiger partial charge is 0.384 e. The standard InChI is InChI=1S/C25H25BrCl2N2O2/c1-15(29-22-21(26)23(31)25(22)12-3-2-4-13-25)14-16-8-10-17(11-9-16)30-24(32)20-18(27)6-5-7-19(20)28/h5-11,15,29H,2-4,12-14H2,1H3,(H,30,32)/t15-/m0/s1. The van der Waals surface area contributed by atoms with E-state index >= 15 is 0 Å². The van der Waals surface area contributed by atoms with Crippen molar-refractivity contribution in [2.45, 2.75) is 51.5 Å². The smallest absolute Gasteiger partial charge is 0.258 e. The SMILES string of the molecule is C[C@@H](Cc1ccc(NC(=O)c2c(Cl)cccc2Cl)cc1)NC1=C(Br)C(=O)C12CCCCC2. The van der Waals surface area contributed by atoms with Crippen LogP contribution in [0.5, 0.6) is 0 Å². The Morgan fingerprint density at radius 1 is 1.06 bits per heavy atom. The summed E-state index contributed by atoms with van der Waals surface area (Å²) in [7, 11) is 0. The van der Waals surface area contributed by atoms with Gasteiger partial charge in [0.25, 0.3) is 5.91 Å². The summed E-state index contributed by atoms with van der Waals surface area (Å²) in [5, 5.41) is 7.08. The molecule has 1 fully saturated rings. The molecule has 2 aromatic rings. The number of anilines is 1. The van der Waals surface area contributed by atoms with Crippen LogP contribution in [0, 0.1) is 5.41 Å². The molecule has 0 heterocycles. The molecular weight excluding hydrogens is 511 g/mol. The zero-order valence-electron chi connectivity index (χ0n) is 17.8. The highest BCUT2D eigenvalue weighted by atomic mass is 79.9. The predicted octanol–water partition coefficient (Wildman–Crippen LogP) is 6.91. The molecule has 0 bridgehead atoms. The minimum atomic E-state index is -0.340. The van der Waals surface area contributed by atoms with Crippen molar-refractivity contribution in [2.75, 3.05) is 5.32 Å². The molecule has 0 aromatic heterocycles. The molecule has 0 aliphatic heterocycles. The zero-order chi connectivity index (χ0) is 22.9. The highest BCUT2D eigenvalue weighted by molar-refractivity contribution is 9.12. The van der Waals surface area contributed by atoms with Gasteiger partial charge in [0.15, 0.2) is 5.78 Å². The van der Waals surface area contributed by atoms with Crippen LogP contribution in [0.25, 0.3) is 0 Å². The van der Waals surface area contributed by atoms with E-state index in [1.165, 1.54) is 6.42 Å². The number of amides is 1. The van der Waals surface area contributed by atoms with Gasteiger partial charge >= 0.3 is 0 Å². The van der Waals surface area contributed by atoms with Gasteiger partial charge in [-0.15, -0.1) is 0 Å². The van der Waals surface area contributed by atoms with E-state index < -0.39 is 0 Å². The average Bonchev–Trinajstić information content (AvgIpc) is 2.78. The number of Topliss-reactive ketones (excluding diaryl/α,β-unsaturated/α-hetero) is 1. The lowest BCUT2D eigenvalue weighted by Gasteiger charge is -2.46. The van der Waals surface area contributed by atoms with E-state index in [9.17, 15) is 9.59 Å². The third-order valence-corrected chi connectivity index (χ3v) is 7.76. The summed E-state index contributed by atoms with van der Waals surface area (Å²) in [6.45, 7) is 2.13. The number of hydrogen-bond donors (Lipinski definition) is 2. The number of carbonyl (C=O) groups is 2. The van der Waals surface area contributed by atoms with Crippen LogP contribution in [0.15, 0.2) is 52.6 Å². The van der Waals surface area contributed by atoms with Gasteiger partial charge in [0.2, 0.25) is 0 Å². The first-order valence-electron chi connectivity index (χ1n) is 10.9. The maximum atomic E-state index is 12.6. The summed E-state index contributed by atoms with van der Waals surface area (Å²) in [4.78, 5) is 25.1. The molecule has 1 amide bonds. The van der Waals surface area contributed by atoms with E-state index in [-0.39, 0.29) is 28.7 Å². The Morgan fingerprint density at radius 2 is 1.69 bits per heavy atom. The number of ketones is 1. The molecule has 7 heteroatoms. The fraction of sp³-hybridized carbons (Fsp3) is 0.360. The maximum absolute atomic E-state index is 12.6. The molecule has 4 nitrogen and oxygen atoms in total. The van der Waals surface area contributed by atoms with E-state index in [1.54, 1.807) is 18.2 Å². The van der Waals surface area contributed by atoms with E-state index in [0.29, 0.717) is 20.2 Å². The molecule has 1 spiro atoms. The molecule has 2 N–H and O–H groups in total. The van der Waals surface area contributed by atoms with Gasteiger partial charge in [0, 0.05) is 17.4 Å². The van der Waals surface area contributed by atoms with Gasteiger partial charge in [0.1, 0.15) is 0 Å². The van der Waals surface area contributed by atoms with Gasteiger partial charge in [-0.25, -0.2) is 0 Å². The number of rotatable bonds is 6. The van der Waals surface area contributed by atoms with Gasteiger partial charge < -0.3 is 10.6 Å². The van der Waals surface area contributed by atoms with Crippen molar-refractivity contribution in [1.82, 2.24) is 5.32 Å². The second kappa shape index (κ2) is 9.58. The summed E-state index contributed by atoms with van der Waals surface area (Å²) in [5.74, 6) is -0.0850. The summed E-state index contributed by atoms with van der Waals surface area (Å²) in [6, 6.07) is 12.9. The van der Waals surface area contributed by atoms with Crippen LogP contribution in [-0.4, -0.2) is 17.7 Å². The zero-order valence-corrected chi connectivity index (χ0v) is 20.9. The molecule has 4 rings (SSSR count). The van der Waals surface area contributed by atoms with Crippen LogP contribution in [0.3, 0.4) is 0 Å². The first kappa shape index (κ1) is 23.3. The Labute approximate surface area is 206 Å². The van der Waals surface area contributed by atoms with Gasteiger partial charge in [0.05, 0.1) is 25.5 Å². The number of hydrogen-bond acceptors (Lipinski definition) is 3. The van der Waals surface area contributed by atoms with Crippen LogP contribution < -0.4 is 10.6 Å². The Hall–Kier alpha value is -1.82. The van der Waals surface area contributed by atoms with Crippen LogP contribution in [0.1, 0.15) is 54.9 Å². The predicted molar refractivity (Wildman–Crippen MR) is 134 cm³/mol. The van der Waals surface area contributed by atoms with E-state index in [1.807, 2.05) is 24.3 Å². The fourth-order valence-corrected chi connectivity index (χ4v) is 6.14. The van der Waals surface area contributed by atoms with Gasteiger partial charge in [-0.3, -0.25) is 9.59 Å². The first-order valence-corrected chi connectivity index (χ1v) is 12.4. The fourth-order valence-electron chi connectivity index (χ4n) is 4.70. The van der Waals surface area contributed by atoms with Crippen LogP contribution in [0.4, 0.5) is 5.69 Å². The highest BCUT2D eigenvalue weighted by Gasteiger charge is 2.53. The number of carbonyl (C=O) groups excluding carboxylic acids is 2. The van der Waals surface area contributed by atoms with E-state index in [4.69, 9.17) is 23.2 Å². The molecule has 2 aliphatic rings. The Kier molecular flexibility index (Phi) is 6.99. The van der Waals surface area contributed by atoms with E-state index in [2.05, 4.69) is 33.5 Å². The van der Waals surface area contributed by atoms with Crippen molar-refractivity contribution in [2.24, 2.45) is 5.41 Å². The molecule has 1 saturated carbocycles. The van der Waals surface area contributed by atoms with Gasteiger partial charge in [-0.2, -0.15) is 0 Å². The quantitative estimate of drug-likeness (QED) is 0.422. The summed E-state index contributed by atoms with van der Waals surface area (Å²) >= 11 is 15.7. The molecule has 0 saturated heterocycles. The summed E-state index contributed by atoms with van der Waals surface area (Å²) < 4.78 is 0.711. The van der Waals surface area contributed by atoms with Crippen molar-refractivity contribution in [1.29, 1.82) is 0 Å². The van der Waals surface area contributed by atoms with Crippen LogP contribution in [-0.2, 0) is 11.2 Å². The minimum absolute atomic E-state index is 0.173. The topological polar surface area (TPSA) is 58.2 Å². The molecular formula is C25H25BrCl2N2O2. The number of halogens is 3. The number of benzene rings is 2. The monoisotopic (exact) mass is 534 g/mol. The molecule has 1 atom stereocenters. The molecule has 32 heavy (non-hydrogen) atoms. The van der Waals surface area contributed by atoms with Crippen molar-refractivity contribution in [3.63, 3.8) is 0 Å². The van der Waals surface area contributed by atoms with Gasteiger partial charge in [-0.05, 0) is 71.9 Å². The lowest BCUT2D eigenvalue weighted by Crippen LogP contribution is -2.51. The highest BCUT2D eigenvalue weighted by Crippen LogP contribution is 2.53. The van der Waals surface area contributed by atoms with Crippen LogP contribution in [0.2, 0.25) is 10.0 Å². The lowest BCUT2D eigenvalue weighted by atomic mass is 9.62. The average molecular weight is 536 g/mol. The summed E-state index contributed by atoms with van der Waals surface area (Å²) in [6.07, 6.45) is 6.12. The number of nitrogens with one attached hydrogen (secondary N) is 2. The van der Waals surface area contributed by atoms with Crippen molar-refractivity contribution < 1.29 is 9.59 Å². The molecule has 0 radical (unpaired) electrons. The van der Waals surface area contributed by atoms with E-state index in [0.717, 1.165) is 43.4 Å². The molecule has 0 unspecified atom stereocenters. The third-order valence-electron chi connectivity index (χ3n) is 6.37. The molecule has 168 valence electrons. The molecule has 2 aliphatic carbocycles. The molecule has 2 aromatic carbocycles. The summed E-state index contributed by atoms with van der Waals surface area (Å²) in [5.41, 5.74) is 2.86. The Bertz CT molecular complexity index is 1060. The number of allylic oxidation sites excluding steroid dienone is 2.